The summed E-state index contributed by atoms with van der Waals surface area (Å²) >= 11 is 1.78. The molecule has 4 nitrogen and oxygen atoms in total. The van der Waals surface area contributed by atoms with Gasteiger partial charge in [0.2, 0.25) is 0 Å². The summed E-state index contributed by atoms with van der Waals surface area (Å²) in [5.74, 6) is 1.57. The Labute approximate surface area is 110 Å². The van der Waals surface area contributed by atoms with Crippen molar-refractivity contribution in [2.24, 2.45) is 0 Å². The van der Waals surface area contributed by atoms with Crippen molar-refractivity contribution in [3.63, 3.8) is 0 Å². The quantitative estimate of drug-likeness (QED) is 0.918. The normalized spacial score (nSPS) is 14.7. The molecule has 2 aromatic rings. The number of rotatable bonds is 4. The highest BCUT2D eigenvalue weighted by molar-refractivity contribution is 7.09. The molecular weight excluding hydrogens is 244 g/mol. The second-order valence-electron chi connectivity index (χ2n) is 4.65. The lowest BCUT2D eigenvalue weighted by Gasteiger charge is -2.24. The van der Waals surface area contributed by atoms with E-state index >= 15 is 0 Å². The highest BCUT2D eigenvalue weighted by Crippen LogP contribution is 2.34. The van der Waals surface area contributed by atoms with E-state index < -0.39 is 0 Å². The predicted octanol–water partition coefficient (Wildman–Crippen LogP) is 2.60. The zero-order chi connectivity index (χ0) is 12.5. The van der Waals surface area contributed by atoms with Crippen molar-refractivity contribution in [3.8, 4) is 0 Å². The molecule has 94 valence electrons. The smallest absolute Gasteiger partial charge is 0.137 e. The van der Waals surface area contributed by atoms with Crippen LogP contribution in [0.25, 0.3) is 0 Å². The van der Waals surface area contributed by atoms with Gasteiger partial charge in [0.25, 0.3) is 0 Å². The fourth-order valence-electron chi connectivity index (χ4n) is 2.08. The molecule has 2 heterocycles. The third-order valence-corrected chi connectivity index (χ3v) is 4.12. The first kappa shape index (κ1) is 11.5. The molecule has 3 rings (SSSR count). The number of anilines is 2. The van der Waals surface area contributed by atoms with Crippen LogP contribution in [0.4, 0.5) is 11.6 Å². The summed E-state index contributed by atoms with van der Waals surface area (Å²) in [6.07, 6.45) is 4.05. The van der Waals surface area contributed by atoms with Crippen LogP contribution in [0.2, 0.25) is 0 Å². The fourth-order valence-corrected chi connectivity index (χ4v) is 2.78. The van der Waals surface area contributed by atoms with Gasteiger partial charge in [-0.25, -0.2) is 9.97 Å². The maximum atomic E-state index is 5.88. The lowest BCUT2D eigenvalue weighted by atomic mass is 10.2. The Bertz CT molecular complexity index is 534. The van der Waals surface area contributed by atoms with Crippen molar-refractivity contribution in [1.29, 1.82) is 0 Å². The zero-order valence-electron chi connectivity index (χ0n) is 10.3. The maximum absolute atomic E-state index is 5.88. The monoisotopic (exact) mass is 260 g/mol. The van der Waals surface area contributed by atoms with Gasteiger partial charge in [-0.05, 0) is 31.2 Å². The van der Waals surface area contributed by atoms with Crippen molar-refractivity contribution in [2.75, 3.05) is 10.6 Å². The second-order valence-corrected chi connectivity index (χ2v) is 5.68. The van der Waals surface area contributed by atoms with Crippen molar-refractivity contribution in [2.45, 2.75) is 32.4 Å². The molecule has 0 aliphatic heterocycles. The van der Waals surface area contributed by atoms with E-state index in [0.717, 1.165) is 17.9 Å². The minimum atomic E-state index is 0.580. The summed E-state index contributed by atoms with van der Waals surface area (Å²) in [6.45, 7) is 2.91. The van der Waals surface area contributed by atoms with Crippen molar-refractivity contribution in [1.82, 2.24) is 9.97 Å². The average Bonchev–Trinajstić information content (AvgIpc) is 3.08. The first-order valence-corrected chi connectivity index (χ1v) is 7.00. The Morgan fingerprint density at radius 3 is 2.94 bits per heavy atom. The van der Waals surface area contributed by atoms with Gasteiger partial charge in [-0.15, -0.1) is 11.3 Å². The Morgan fingerprint density at radius 1 is 1.44 bits per heavy atom. The standard InChI is InChI=1S/C13H16N4S/c1-9-12(14)15-8-16-13(9)17(10-4-5-10)7-11-3-2-6-18-11/h2-3,6,8,10H,4-5,7H2,1H3,(H2,14,15,16). The van der Waals surface area contributed by atoms with Gasteiger partial charge in [-0.1, -0.05) is 6.07 Å². The average molecular weight is 260 g/mol. The van der Waals surface area contributed by atoms with E-state index in [4.69, 9.17) is 5.73 Å². The van der Waals surface area contributed by atoms with Gasteiger partial charge in [0.1, 0.15) is 18.0 Å². The Balaban J connectivity index is 1.91. The first-order chi connectivity index (χ1) is 8.75. The third kappa shape index (κ3) is 2.18. The number of hydrogen-bond donors (Lipinski definition) is 1. The number of aromatic nitrogens is 2. The number of nitrogens with zero attached hydrogens (tertiary/aromatic N) is 3. The van der Waals surface area contributed by atoms with Crippen LogP contribution >= 0.6 is 11.3 Å². The minimum Gasteiger partial charge on any atom is -0.383 e. The van der Waals surface area contributed by atoms with Crippen LogP contribution in [-0.4, -0.2) is 16.0 Å². The van der Waals surface area contributed by atoms with Crippen LogP contribution in [0.5, 0.6) is 0 Å². The lowest BCUT2D eigenvalue weighted by Crippen LogP contribution is -2.26. The van der Waals surface area contributed by atoms with Crippen molar-refractivity contribution in [3.05, 3.63) is 34.3 Å². The molecule has 0 radical (unpaired) electrons. The van der Waals surface area contributed by atoms with Crippen molar-refractivity contribution < 1.29 is 0 Å². The molecule has 1 fully saturated rings. The van der Waals surface area contributed by atoms with E-state index in [1.165, 1.54) is 17.7 Å². The molecule has 5 heteroatoms. The summed E-state index contributed by atoms with van der Waals surface area (Å²) in [5.41, 5.74) is 6.86. The van der Waals surface area contributed by atoms with Crippen LogP contribution in [0.15, 0.2) is 23.8 Å². The summed E-state index contributed by atoms with van der Waals surface area (Å²) in [7, 11) is 0. The maximum Gasteiger partial charge on any atom is 0.137 e. The van der Waals surface area contributed by atoms with E-state index in [0.29, 0.717) is 11.9 Å². The van der Waals surface area contributed by atoms with Gasteiger partial charge >= 0.3 is 0 Å². The highest BCUT2D eigenvalue weighted by Gasteiger charge is 2.31. The van der Waals surface area contributed by atoms with E-state index in [9.17, 15) is 0 Å². The van der Waals surface area contributed by atoms with Crippen LogP contribution in [-0.2, 0) is 6.54 Å². The van der Waals surface area contributed by atoms with E-state index in [1.54, 1.807) is 17.7 Å². The zero-order valence-corrected chi connectivity index (χ0v) is 11.2. The number of thiophene rings is 1. The third-order valence-electron chi connectivity index (χ3n) is 3.26. The molecule has 1 aliphatic rings. The fraction of sp³-hybridized carbons (Fsp3) is 0.385. The molecule has 0 atom stereocenters. The topological polar surface area (TPSA) is 55.0 Å². The molecule has 18 heavy (non-hydrogen) atoms. The molecule has 0 spiro atoms. The van der Waals surface area contributed by atoms with Gasteiger partial charge < -0.3 is 10.6 Å². The van der Waals surface area contributed by atoms with Gasteiger partial charge in [-0.2, -0.15) is 0 Å². The van der Waals surface area contributed by atoms with Gasteiger partial charge in [0.05, 0.1) is 6.54 Å². The van der Waals surface area contributed by atoms with Gasteiger partial charge in [0, 0.05) is 16.5 Å². The molecule has 2 N–H and O–H groups in total. The number of nitrogen functional groups attached to an aromatic ring is 1. The molecule has 0 bridgehead atoms. The van der Waals surface area contributed by atoms with E-state index in [1.807, 2.05) is 6.92 Å². The van der Waals surface area contributed by atoms with Crippen LogP contribution in [0, 0.1) is 6.92 Å². The lowest BCUT2D eigenvalue weighted by molar-refractivity contribution is 0.779. The SMILES string of the molecule is Cc1c(N)ncnc1N(Cc1cccs1)C1CC1. The molecule has 0 saturated heterocycles. The Hall–Kier alpha value is -1.62. The van der Waals surface area contributed by atoms with E-state index in [2.05, 4.69) is 32.4 Å². The Kier molecular flexibility index (Phi) is 2.91. The summed E-state index contributed by atoms with van der Waals surface area (Å²) in [4.78, 5) is 12.2. The second kappa shape index (κ2) is 4.57. The highest BCUT2D eigenvalue weighted by atomic mass is 32.1. The summed E-state index contributed by atoms with van der Waals surface area (Å²) in [5, 5.41) is 2.11. The molecule has 1 aliphatic carbocycles. The molecule has 0 aromatic carbocycles. The van der Waals surface area contributed by atoms with E-state index in [-0.39, 0.29) is 0 Å². The van der Waals surface area contributed by atoms with Gasteiger partial charge in [-0.3, -0.25) is 0 Å². The summed E-state index contributed by atoms with van der Waals surface area (Å²) in [6, 6.07) is 4.87. The number of nitrogens with two attached hydrogens (primary N) is 1. The molecular formula is C13H16N4S. The molecule has 2 aromatic heterocycles. The van der Waals surface area contributed by atoms with Crippen LogP contribution in [0.1, 0.15) is 23.3 Å². The van der Waals surface area contributed by atoms with Crippen LogP contribution < -0.4 is 10.6 Å². The minimum absolute atomic E-state index is 0.580. The first-order valence-electron chi connectivity index (χ1n) is 6.12. The van der Waals surface area contributed by atoms with Crippen LogP contribution in [0.3, 0.4) is 0 Å². The van der Waals surface area contributed by atoms with Crippen molar-refractivity contribution >= 4 is 23.0 Å². The predicted molar refractivity (Wildman–Crippen MR) is 74.7 cm³/mol. The summed E-state index contributed by atoms with van der Waals surface area (Å²) < 4.78 is 0. The molecule has 0 amide bonds. The molecule has 0 unspecified atom stereocenters. The molecule has 1 saturated carbocycles. The number of hydrogen-bond acceptors (Lipinski definition) is 5. The Morgan fingerprint density at radius 2 is 2.28 bits per heavy atom. The largest absolute Gasteiger partial charge is 0.383 e. The van der Waals surface area contributed by atoms with Gasteiger partial charge in [0.15, 0.2) is 0 Å².